The number of amides is 3. The van der Waals surface area contributed by atoms with E-state index in [1.807, 2.05) is 12.1 Å². The molecule has 2 saturated heterocycles. The molecule has 128 valence electrons. The van der Waals surface area contributed by atoms with Crippen molar-refractivity contribution in [1.29, 1.82) is 0 Å². The van der Waals surface area contributed by atoms with Crippen LogP contribution < -0.4 is 10.6 Å². The number of benzene rings is 1. The minimum absolute atomic E-state index is 0.140. The van der Waals surface area contributed by atoms with Crippen molar-refractivity contribution < 1.29 is 14.4 Å². The number of nitrogens with one attached hydrogen (secondary N) is 2. The molecule has 2 aliphatic heterocycles. The molecule has 0 spiro atoms. The van der Waals surface area contributed by atoms with E-state index in [2.05, 4.69) is 26.6 Å². The van der Waals surface area contributed by atoms with Crippen LogP contribution in [0.15, 0.2) is 28.7 Å². The molecule has 0 saturated carbocycles. The molecule has 1 aromatic rings. The number of carbonyl (C=O) groups is 3. The summed E-state index contributed by atoms with van der Waals surface area (Å²) in [6, 6.07) is 6.12. The van der Waals surface area contributed by atoms with E-state index in [4.69, 9.17) is 0 Å². The number of hydrogen-bond acceptors (Lipinski definition) is 3. The van der Waals surface area contributed by atoms with E-state index < -0.39 is 12.1 Å². The van der Waals surface area contributed by atoms with Gasteiger partial charge >= 0.3 is 0 Å². The lowest BCUT2D eigenvalue weighted by Crippen LogP contribution is -2.55. The van der Waals surface area contributed by atoms with E-state index in [1.165, 1.54) is 0 Å². The smallest absolute Gasteiger partial charge is 0.254 e. The molecule has 1 aromatic carbocycles. The van der Waals surface area contributed by atoms with Crippen LogP contribution in [0.5, 0.6) is 0 Å². The molecule has 3 amide bonds. The van der Waals surface area contributed by atoms with Crippen molar-refractivity contribution in [2.24, 2.45) is 0 Å². The van der Waals surface area contributed by atoms with E-state index in [9.17, 15) is 14.4 Å². The van der Waals surface area contributed by atoms with E-state index >= 15 is 0 Å². The lowest BCUT2D eigenvalue weighted by molar-refractivity contribution is -0.132. The highest BCUT2D eigenvalue weighted by Gasteiger charge is 2.36. The van der Waals surface area contributed by atoms with Crippen molar-refractivity contribution in [1.82, 2.24) is 15.5 Å². The molecule has 24 heavy (non-hydrogen) atoms. The minimum Gasteiger partial charge on any atom is -0.354 e. The van der Waals surface area contributed by atoms with Crippen molar-refractivity contribution in [2.45, 2.75) is 37.8 Å². The normalized spacial score (nSPS) is 23.7. The maximum Gasteiger partial charge on any atom is 0.254 e. The fraction of sp³-hybridized carbons (Fsp3) is 0.471. The number of halogens is 1. The van der Waals surface area contributed by atoms with E-state index in [0.29, 0.717) is 31.5 Å². The lowest BCUT2D eigenvalue weighted by Gasteiger charge is -2.28. The number of likely N-dealkylation sites (tertiary alicyclic amines) is 1. The van der Waals surface area contributed by atoms with Gasteiger partial charge in [-0.1, -0.05) is 15.9 Å². The lowest BCUT2D eigenvalue weighted by atomic mass is 10.1. The predicted molar refractivity (Wildman–Crippen MR) is 92.4 cm³/mol. The summed E-state index contributed by atoms with van der Waals surface area (Å²) in [4.78, 5) is 38.7. The van der Waals surface area contributed by atoms with Crippen LogP contribution in [0.1, 0.15) is 36.0 Å². The second-order valence-corrected chi connectivity index (χ2v) is 7.07. The zero-order chi connectivity index (χ0) is 17.1. The average molecular weight is 394 g/mol. The van der Waals surface area contributed by atoms with Crippen LogP contribution in [0.2, 0.25) is 0 Å². The van der Waals surface area contributed by atoms with Gasteiger partial charge in [-0.15, -0.1) is 0 Å². The second-order valence-electron chi connectivity index (χ2n) is 6.16. The summed E-state index contributed by atoms with van der Waals surface area (Å²) < 4.78 is 0.901. The molecule has 0 radical (unpaired) electrons. The topological polar surface area (TPSA) is 78.5 Å². The van der Waals surface area contributed by atoms with Gasteiger partial charge in [0.1, 0.15) is 12.1 Å². The van der Waals surface area contributed by atoms with Gasteiger partial charge in [0.25, 0.3) is 5.91 Å². The first-order valence-corrected chi connectivity index (χ1v) is 9.00. The number of hydrogen-bond donors (Lipinski definition) is 2. The van der Waals surface area contributed by atoms with Crippen LogP contribution in [0.25, 0.3) is 0 Å². The third kappa shape index (κ3) is 3.61. The van der Waals surface area contributed by atoms with Gasteiger partial charge in [0.15, 0.2) is 0 Å². The summed E-state index contributed by atoms with van der Waals surface area (Å²) in [5.74, 6) is -0.522. The van der Waals surface area contributed by atoms with Gasteiger partial charge in [-0.3, -0.25) is 14.4 Å². The van der Waals surface area contributed by atoms with Crippen LogP contribution in [0, 0.1) is 0 Å². The largest absolute Gasteiger partial charge is 0.354 e. The molecule has 2 unspecified atom stereocenters. The fourth-order valence-electron chi connectivity index (χ4n) is 3.22. The predicted octanol–water partition coefficient (Wildman–Crippen LogP) is 1.45. The SMILES string of the molecule is O=C1NCCCC1NC(=O)C1CCCN1C(=O)c1ccc(Br)cc1. The summed E-state index contributed by atoms with van der Waals surface area (Å²) in [7, 11) is 0. The zero-order valence-electron chi connectivity index (χ0n) is 13.3. The highest BCUT2D eigenvalue weighted by Crippen LogP contribution is 2.22. The standard InChI is InChI=1S/C17H20BrN3O3/c18-12-7-5-11(6-8-12)17(24)21-10-2-4-14(21)16(23)20-13-3-1-9-19-15(13)22/h5-8,13-14H,1-4,9-10H2,(H,19,22)(H,20,23). The first kappa shape index (κ1) is 17.0. The molecule has 0 aromatic heterocycles. The number of carbonyl (C=O) groups excluding carboxylic acids is 3. The molecule has 6 nitrogen and oxygen atoms in total. The van der Waals surface area contributed by atoms with Gasteiger partial charge in [0.05, 0.1) is 0 Å². The highest BCUT2D eigenvalue weighted by molar-refractivity contribution is 9.10. The van der Waals surface area contributed by atoms with Gasteiger partial charge in [-0.2, -0.15) is 0 Å². The van der Waals surface area contributed by atoms with Gasteiger partial charge in [0.2, 0.25) is 11.8 Å². The molecule has 0 aliphatic carbocycles. The molecular formula is C17H20BrN3O3. The van der Waals surface area contributed by atoms with Gasteiger partial charge in [0, 0.05) is 23.1 Å². The first-order valence-electron chi connectivity index (χ1n) is 8.21. The summed E-state index contributed by atoms with van der Waals surface area (Å²) in [6.07, 6.45) is 2.91. The Bertz CT molecular complexity index is 647. The summed E-state index contributed by atoms with van der Waals surface area (Å²) in [5.41, 5.74) is 0.563. The van der Waals surface area contributed by atoms with Crippen LogP contribution in [-0.2, 0) is 9.59 Å². The molecule has 2 fully saturated rings. The zero-order valence-corrected chi connectivity index (χ0v) is 14.8. The number of nitrogens with zero attached hydrogens (tertiary/aromatic N) is 1. The van der Waals surface area contributed by atoms with E-state index in [1.54, 1.807) is 17.0 Å². The van der Waals surface area contributed by atoms with E-state index in [0.717, 1.165) is 17.3 Å². The first-order chi connectivity index (χ1) is 11.6. The third-order valence-corrected chi connectivity index (χ3v) is 5.04. The van der Waals surface area contributed by atoms with E-state index in [-0.39, 0.29) is 17.7 Å². The van der Waals surface area contributed by atoms with Gasteiger partial charge in [-0.25, -0.2) is 0 Å². The van der Waals surface area contributed by atoms with Crippen molar-refractivity contribution in [3.05, 3.63) is 34.3 Å². The Labute approximate surface area is 149 Å². The molecule has 7 heteroatoms. The number of rotatable bonds is 3. The van der Waals surface area contributed by atoms with Gasteiger partial charge < -0.3 is 15.5 Å². The fourth-order valence-corrected chi connectivity index (χ4v) is 3.48. The van der Waals surface area contributed by atoms with Crippen LogP contribution in [0.4, 0.5) is 0 Å². The molecular weight excluding hydrogens is 374 g/mol. The Morgan fingerprint density at radius 3 is 2.62 bits per heavy atom. The Morgan fingerprint density at radius 2 is 1.92 bits per heavy atom. The van der Waals surface area contributed by atoms with Crippen LogP contribution >= 0.6 is 15.9 Å². The molecule has 0 bridgehead atoms. The maximum atomic E-state index is 12.7. The number of piperidine rings is 1. The van der Waals surface area contributed by atoms with Crippen LogP contribution in [-0.4, -0.2) is 47.8 Å². The molecule has 3 rings (SSSR count). The van der Waals surface area contributed by atoms with Crippen molar-refractivity contribution in [2.75, 3.05) is 13.1 Å². The monoisotopic (exact) mass is 393 g/mol. The Hall–Kier alpha value is -1.89. The Morgan fingerprint density at radius 1 is 1.17 bits per heavy atom. The highest BCUT2D eigenvalue weighted by atomic mass is 79.9. The minimum atomic E-state index is -0.504. The quantitative estimate of drug-likeness (QED) is 0.815. The molecule has 2 heterocycles. The Balaban J connectivity index is 1.68. The van der Waals surface area contributed by atoms with Gasteiger partial charge in [-0.05, 0) is 49.9 Å². The summed E-state index contributed by atoms with van der Waals surface area (Å²) in [6.45, 7) is 1.21. The van der Waals surface area contributed by atoms with Crippen LogP contribution in [0.3, 0.4) is 0 Å². The maximum absolute atomic E-state index is 12.7. The molecule has 2 atom stereocenters. The molecule has 2 N–H and O–H groups in total. The second kappa shape index (κ2) is 7.34. The Kier molecular flexibility index (Phi) is 5.18. The van der Waals surface area contributed by atoms with Crippen molar-refractivity contribution >= 4 is 33.7 Å². The summed E-state index contributed by atoms with van der Waals surface area (Å²) in [5, 5.41) is 5.56. The average Bonchev–Trinajstić information content (AvgIpc) is 3.07. The summed E-state index contributed by atoms with van der Waals surface area (Å²) >= 11 is 3.35. The molecule has 2 aliphatic rings. The third-order valence-electron chi connectivity index (χ3n) is 4.51. The van der Waals surface area contributed by atoms with Crippen molar-refractivity contribution in [3.63, 3.8) is 0 Å². The van der Waals surface area contributed by atoms with Crippen molar-refractivity contribution in [3.8, 4) is 0 Å².